The second kappa shape index (κ2) is 8.68. The zero-order valence-corrected chi connectivity index (χ0v) is 14.7. The molecule has 0 amide bonds. The molecule has 0 bridgehead atoms. The molecule has 2 rings (SSSR count). The maximum Gasteiger partial charge on any atom is 0.121 e. The second-order valence-electron chi connectivity index (χ2n) is 5.55. The van der Waals surface area contributed by atoms with Crippen molar-refractivity contribution >= 4 is 17.3 Å². The number of hydrogen-bond acceptors (Lipinski definition) is 3. The van der Waals surface area contributed by atoms with Gasteiger partial charge in [-0.15, -0.1) is 0 Å². The molecule has 0 aromatic heterocycles. The molecule has 0 aliphatic heterocycles. The van der Waals surface area contributed by atoms with Crippen molar-refractivity contribution in [3.05, 3.63) is 53.1 Å². The molecule has 1 atom stereocenters. The summed E-state index contributed by atoms with van der Waals surface area (Å²) >= 11 is 6.00. The van der Waals surface area contributed by atoms with Gasteiger partial charge in [-0.3, -0.25) is 0 Å². The van der Waals surface area contributed by atoms with Gasteiger partial charge in [0, 0.05) is 23.3 Å². The SMILES string of the molecule is CCC(C)Oc1cccc(NCCOc2ccc(Cl)c(C)c2)c1. The fourth-order valence-electron chi connectivity index (χ4n) is 2.07. The Bertz CT molecular complexity index is 631. The normalized spacial score (nSPS) is 11.8. The third-order valence-electron chi connectivity index (χ3n) is 3.58. The van der Waals surface area contributed by atoms with Gasteiger partial charge in [0.15, 0.2) is 0 Å². The van der Waals surface area contributed by atoms with Crippen LogP contribution in [-0.4, -0.2) is 19.3 Å². The topological polar surface area (TPSA) is 30.5 Å². The van der Waals surface area contributed by atoms with Crippen molar-refractivity contribution in [1.29, 1.82) is 0 Å². The summed E-state index contributed by atoms with van der Waals surface area (Å²) in [5, 5.41) is 4.10. The van der Waals surface area contributed by atoms with Crippen LogP contribution in [0.15, 0.2) is 42.5 Å². The summed E-state index contributed by atoms with van der Waals surface area (Å²) in [5.41, 5.74) is 2.05. The van der Waals surface area contributed by atoms with Gasteiger partial charge in [-0.2, -0.15) is 0 Å². The first-order valence-electron chi connectivity index (χ1n) is 7.98. The molecule has 0 heterocycles. The fraction of sp³-hybridized carbons (Fsp3) is 0.368. The Hall–Kier alpha value is -1.87. The number of halogens is 1. The molecule has 4 heteroatoms. The lowest BCUT2D eigenvalue weighted by atomic mass is 10.2. The van der Waals surface area contributed by atoms with Crippen molar-refractivity contribution in [3.8, 4) is 11.5 Å². The molecule has 0 aliphatic carbocycles. The molecule has 0 fully saturated rings. The molecule has 0 saturated heterocycles. The number of aryl methyl sites for hydroxylation is 1. The largest absolute Gasteiger partial charge is 0.492 e. The predicted octanol–water partition coefficient (Wildman–Crippen LogP) is 5.32. The highest BCUT2D eigenvalue weighted by Crippen LogP contribution is 2.21. The average molecular weight is 334 g/mol. The van der Waals surface area contributed by atoms with Crippen LogP contribution in [0, 0.1) is 6.92 Å². The van der Waals surface area contributed by atoms with Gasteiger partial charge in [0.2, 0.25) is 0 Å². The fourth-order valence-corrected chi connectivity index (χ4v) is 2.18. The van der Waals surface area contributed by atoms with Gasteiger partial charge in [-0.1, -0.05) is 24.6 Å². The Morgan fingerprint density at radius 2 is 1.96 bits per heavy atom. The number of rotatable bonds is 8. The van der Waals surface area contributed by atoms with Crippen molar-refractivity contribution in [2.75, 3.05) is 18.5 Å². The molecule has 0 radical (unpaired) electrons. The van der Waals surface area contributed by atoms with E-state index in [2.05, 4.69) is 19.2 Å². The van der Waals surface area contributed by atoms with Gasteiger partial charge >= 0.3 is 0 Å². The third kappa shape index (κ3) is 5.68. The molecule has 3 nitrogen and oxygen atoms in total. The first-order chi connectivity index (χ1) is 11.1. The first-order valence-corrected chi connectivity index (χ1v) is 8.36. The molecule has 2 aromatic carbocycles. The number of nitrogens with one attached hydrogen (secondary N) is 1. The summed E-state index contributed by atoms with van der Waals surface area (Å²) in [5.74, 6) is 1.72. The summed E-state index contributed by atoms with van der Waals surface area (Å²) in [4.78, 5) is 0. The standard InChI is InChI=1S/C19H24ClNO2/c1-4-15(3)23-18-7-5-6-16(13-18)21-10-11-22-17-8-9-19(20)14(2)12-17/h5-9,12-13,15,21H,4,10-11H2,1-3H3. The Balaban J connectivity index is 1.79. The van der Waals surface area contributed by atoms with Crippen LogP contribution in [0.5, 0.6) is 11.5 Å². The van der Waals surface area contributed by atoms with E-state index in [1.54, 1.807) is 0 Å². The minimum atomic E-state index is 0.224. The number of benzene rings is 2. The van der Waals surface area contributed by atoms with Gasteiger partial charge < -0.3 is 14.8 Å². The molecule has 0 saturated carbocycles. The maximum absolute atomic E-state index is 6.00. The molecule has 23 heavy (non-hydrogen) atoms. The molecule has 1 unspecified atom stereocenters. The van der Waals surface area contributed by atoms with Crippen LogP contribution in [0.2, 0.25) is 5.02 Å². The monoisotopic (exact) mass is 333 g/mol. The predicted molar refractivity (Wildman–Crippen MR) is 97.0 cm³/mol. The molecule has 0 aliphatic rings. The molecule has 1 N–H and O–H groups in total. The highest BCUT2D eigenvalue weighted by Gasteiger charge is 2.02. The number of ether oxygens (including phenoxy) is 2. The smallest absolute Gasteiger partial charge is 0.121 e. The minimum absolute atomic E-state index is 0.224. The highest BCUT2D eigenvalue weighted by atomic mass is 35.5. The molecular formula is C19H24ClNO2. The molecule has 124 valence electrons. The lowest BCUT2D eigenvalue weighted by molar-refractivity contribution is 0.217. The minimum Gasteiger partial charge on any atom is -0.492 e. The quantitative estimate of drug-likeness (QED) is 0.663. The second-order valence-corrected chi connectivity index (χ2v) is 5.96. The van der Waals surface area contributed by atoms with Crippen molar-refractivity contribution in [1.82, 2.24) is 0 Å². The Labute approximate surface area is 143 Å². The van der Waals surface area contributed by atoms with E-state index in [-0.39, 0.29) is 6.10 Å². The Kier molecular flexibility index (Phi) is 6.60. The van der Waals surface area contributed by atoms with Gasteiger partial charge in [0.25, 0.3) is 0 Å². The van der Waals surface area contributed by atoms with E-state index in [1.165, 1.54) is 0 Å². The maximum atomic E-state index is 6.00. The van der Waals surface area contributed by atoms with E-state index in [0.717, 1.165) is 34.2 Å². The number of hydrogen-bond donors (Lipinski definition) is 1. The van der Waals surface area contributed by atoms with E-state index in [1.807, 2.05) is 49.4 Å². The highest BCUT2D eigenvalue weighted by molar-refractivity contribution is 6.31. The van der Waals surface area contributed by atoms with E-state index >= 15 is 0 Å². The summed E-state index contributed by atoms with van der Waals surface area (Å²) < 4.78 is 11.5. The van der Waals surface area contributed by atoms with Crippen LogP contribution in [0.3, 0.4) is 0 Å². The Morgan fingerprint density at radius 3 is 2.70 bits per heavy atom. The summed E-state index contributed by atoms with van der Waals surface area (Å²) in [7, 11) is 0. The van der Waals surface area contributed by atoms with E-state index in [9.17, 15) is 0 Å². The molecule has 0 spiro atoms. The van der Waals surface area contributed by atoms with Crippen LogP contribution in [0.25, 0.3) is 0 Å². The van der Waals surface area contributed by atoms with E-state index in [4.69, 9.17) is 21.1 Å². The molecular weight excluding hydrogens is 310 g/mol. The van der Waals surface area contributed by atoms with Crippen molar-refractivity contribution in [3.63, 3.8) is 0 Å². The van der Waals surface area contributed by atoms with E-state index in [0.29, 0.717) is 13.2 Å². The van der Waals surface area contributed by atoms with Crippen molar-refractivity contribution in [2.24, 2.45) is 0 Å². The number of anilines is 1. The zero-order valence-electron chi connectivity index (χ0n) is 13.9. The van der Waals surface area contributed by atoms with Gasteiger partial charge in [0.05, 0.1) is 6.10 Å². The van der Waals surface area contributed by atoms with Crippen LogP contribution >= 0.6 is 11.6 Å². The van der Waals surface area contributed by atoms with Gasteiger partial charge in [-0.25, -0.2) is 0 Å². The van der Waals surface area contributed by atoms with E-state index < -0.39 is 0 Å². The van der Waals surface area contributed by atoms with Crippen molar-refractivity contribution in [2.45, 2.75) is 33.3 Å². The average Bonchev–Trinajstić information content (AvgIpc) is 2.55. The Morgan fingerprint density at radius 1 is 1.13 bits per heavy atom. The van der Waals surface area contributed by atoms with Crippen molar-refractivity contribution < 1.29 is 9.47 Å². The summed E-state index contributed by atoms with van der Waals surface area (Å²) in [6.07, 6.45) is 1.22. The molecule has 2 aromatic rings. The zero-order chi connectivity index (χ0) is 16.7. The van der Waals surface area contributed by atoms with Crippen LogP contribution in [0.1, 0.15) is 25.8 Å². The van der Waals surface area contributed by atoms with Crippen LogP contribution in [-0.2, 0) is 0 Å². The third-order valence-corrected chi connectivity index (χ3v) is 4.00. The first kappa shape index (κ1) is 17.5. The summed E-state index contributed by atoms with van der Waals surface area (Å²) in [6.45, 7) is 7.45. The lowest BCUT2D eigenvalue weighted by Crippen LogP contribution is -2.12. The van der Waals surface area contributed by atoms with Gasteiger partial charge in [0.1, 0.15) is 18.1 Å². The van der Waals surface area contributed by atoms with Crippen LogP contribution in [0.4, 0.5) is 5.69 Å². The lowest BCUT2D eigenvalue weighted by Gasteiger charge is -2.14. The summed E-state index contributed by atoms with van der Waals surface area (Å²) in [6, 6.07) is 13.7. The van der Waals surface area contributed by atoms with Crippen LogP contribution < -0.4 is 14.8 Å². The van der Waals surface area contributed by atoms with Gasteiger partial charge in [-0.05, 0) is 56.2 Å².